The highest BCUT2D eigenvalue weighted by molar-refractivity contribution is 5.90. The first kappa shape index (κ1) is 29.8. The molecule has 0 saturated carbocycles. The number of nitrogens with one attached hydrogen (secondary N) is 1. The van der Waals surface area contributed by atoms with Crippen molar-refractivity contribution in [3.8, 4) is 11.5 Å². The lowest BCUT2D eigenvalue weighted by Gasteiger charge is -2.19. The van der Waals surface area contributed by atoms with E-state index in [1.165, 1.54) is 17.7 Å². The summed E-state index contributed by atoms with van der Waals surface area (Å²) in [6.07, 6.45) is 4.52. The molecule has 39 heavy (non-hydrogen) atoms. The SMILES string of the molecule is CC(C)=CCC[C@H](C)CC(=O)N[C@@H](COCc1ccccc1)C(=O)Cc1ccc(Oc2ccc(F)cc2)cc1. The monoisotopic (exact) mass is 531 g/mol. The quantitative estimate of drug-likeness (QED) is 0.211. The van der Waals surface area contributed by atoms with Gasteiger partial charge in [0.2, 0.25) is 5.91 Å². The molecule has 0 aliphatic carbocycles. The summed E-state index contributed by atoms with van der Waals surface area (Å²) in [6, 6.07) is 21.9. The number of halogens is 1. The number of benzene rings is 3. The second-order valence-electron chi connectivity index (χ2n) is 10.1. The van der Waals surface area contributed by atoms with E-state index in [1.807, 2.05) is 42.5 Å². The van der Waals surface area contributed by atoms with E-state index < -0.39 is 6.04 Å². The Hall–Kier alpha value is -3.77. The zero-order valence-electron chi connectivity index (χ0n) is 23.0. The number of ketones is 1. The molecule has 0 aromatic heterocycles. The fourth-order valence-electron chi connectivity index (χ4n) is 4.05. The van der Waals surface area contributed by atoms with Crippen molar-refractivity contribution in [1.82, 2.24) is 5.32 Å². The van der Waals surface area contributed by atoms with Crippen molar-refractivity contribution in [2.45, 2.75) is 59.1 Å². The van der Waals surface area contributed by atoms with Crippen molar-refractivity contribution >= 4 is 11.7 Å². The molecular weight excluding hydrogens is 493 g/mol. The highest BCUT2D eigenvalue weighted by atomic mass is 19.1. The molecule has 5 nitrogen and oxygen atoms in total. The molecule has 0 spiro atoms. The number of hydrogen-bond acceptors (Lipinski definition) is 4. The third kappa shape index (κ3) is 11.2. The zero-order chi connectivity index (χ0) is 28.0. The van der Waals surface area contributed by atoms with Gasteiger partial charge in [-0.05, 0) is 80.1 Å². The van der Waals surface area contributed by atoms with Crippen LogP contribution in [0.1, 0.15) is 51.2 Å². The van der Waals surface area contributed by atoms with Crippen molar-refractivity contribution < 1.29 is 23.5 Å². The summed E-state index contributed by atoms with van der Waals surface area (Å²) < 4.78 is 24.7. The third-order valence-corrected chi connectivity index (χ3v) is 6.22. The van der Waals surface area contributed by atoms with Gasteiger partial charge < -0.3 is 14.8 Å². The Bertz CT molecular complexity index is 1200. The van der Waals surface area contributed by atoms with Crippen LogP contribution in [0.15, 0.2) is 90.5 Å². The van der Waals surface area contributed by atoms with Crippen molar-refractivity contribution in [3.05, 3.63) is 107 Å². The number of amides is 1. The molecule has 6 heteroatoms. The van der Waals surface area contributed by atoms with E-state index >= 15 is 0 Å². The van der Waals surface area contributed by atoms with Crippen LogP contribution in [0.25, 0.3) is 0 Å². The van der Waals surface area contributed by atoms with Gasteiger partial charge in [-0.15, -0.1) is 0 Å². The van der Waals surface area contributed by atoms with E-state index in [-0.39, 0.29) is 36.5 Å². The van der Waals surface area contributed by atoms with Crippen molar-refractivity contribution in [2.24, 2.45) is 5.92 Å². The molecule has 1 amide bonds. The molecule has 0 fully saturated rings. The van der Waals surface area contributed by atoms with Crippen LogP contribution >= 0.6 is 0 Å². The number of hydrogen-bond donors (Lipinski definition) is 1. The normalized spacial score (nSPS) is 12.3. The van der Waals surface area contributed by atoms with Crippen LogP contribution in [0.2, 0.25) is 0 Å². The first-order valence-corrected chi connectivity index (χ1v) is 13.4. The summed E-state index contributed by atoms with van der Waals surface area (Å²) in [6.45, 7) is 6.63. The van der Waals surface area contributed by atoms with Gasteiger partial charge >= 0.3 is 0 Å². The summed E-state index contributed by atoms with van der Waals surface area (Å²) in [7, 11) is 0. The maximum atomic E-state index is 13.3. The van der Waals surface area contributed by atoms with Crippen LogP contribution in [-0.2, 0) is 27.4 Å². The minimum Gasteiger partial charge on any atom is -0.457 e. The van der Waals surface area contributed by atoms with E-state index in [1.54, 1.807) is 24.3 Å². The van der Waals surface area contributed by atoms with Gasteiger partial charge in [-0.2, -0.15) is 0 Å². The van der Waals surface area contributed by atoms with Crippen molar-refractivity contribution in [1.29, 1.82) is 0 Å². The van der Waals surface area contributed by atoms with Gasteiger partial charge in [-0.1, -0.05) is 61.0 Å². The van der Waals surface area contributed by atoms with Crippen molar-refractivity contribution in [2.75, 3.05) is 6.61 Å². The van der Waals surface area contributed by atoms with Crippen LogP contribution < -0.4 is 10.1 Å². The largest absolute Gasteiger partial charge is 0.457 e. The van der Waals surface area contributed by atoms with Gasteiger partial charge in [0.25, 0.3) is 0 Å². The van der Waals surface area contributed by atoms with E-state index in [0.717, 1.165) is 24.0 Å². The molecule has 1 N–H and O–H groups in total. The lowest BCUT2D eigenvalue weighted by Crippen LogP contribution is -2.45. The molecule has 0 aliphatic heterocycles. The molecule has 0 heterocycles. The van der Waals surface area contributed by atoms with E-state index in [2.05, 4.69) is 32.2 Å². The van der Waals surface area contributed by atoms with Crippen LogP contribution in [0, 0.1) is 11.7 Å². The van der Waals surface area contributed by atoms with E-state index in [9.17, 15) is 14.0 Å². The van der Waals surface area contributed by atoms with Crippen LogP contribution in [0.3, 0.4) is 0 Å². The average molecular weight is 532 g/mol. The summed E-state index contributed by atoms with van der Waals surface area (Å²) in [5.74, 6) is 0.703. The average Bonchev–Trinajstić information content (AvgIpc) is 2.91. The molecule has 0 unspecified atom stereocenters. The summed E-state index contributed by atoms with van der Waals surface area (Å²) in [5, 5.41) is 2.92. The highest BCUT2D eigenvalue weighted by Gasteiger charge is 2.22. The Kier molecular flexibility index (Phi) is 11.9. The Morgan fingerprint density at radius 2 is 1.54 bits per heavy atom. The number of allylic oxidation sites excluding steroid dienone is 2. The first-order valence-electron chi connectivity index (χ1n) is 13.4. The Morgan fingerprint density at radius 3 is 2.18 bits per heavy atom. The fourth-order valence-corrected chi connectivity index (χ4v) is 4.05. The van der Waals surface area contributed by atoms with Crippen LogP contribution in [-0.4, -0.2) is 24.3 Å². The van der Waals surface area contributed by atoms with E-state index in [4.69, 9.17) is 9.47 Å². The molecule has 0 saturated heterocycles. The standard InChI is InChI=1S/C33H38FNO4/c1-24(2)8-7-9-25(3)20-33(37)35-31(23-38-22-27-10-5-4-6-11-27)32(36)21-26-12-16-29(17-13-26)39-30-18-14-28(34)15-19-30/h4-6,8,10-19,25,31H,7,9,20-23H2,1-3H3,(H,35,37)/t25-,31-/m0/s1. The third-order valence-electron chi connectivity index (χ3n) is 6.22. The predicted octanol–water partition coefficient (Wildman–Crippen LogP) is 7.20. The molecule has 3 rings (SSSR count). The molecule has 0 bridgehead atoms. The Morgan fingerprint density at radius 1 is 0.897 bits per heavy atom. The lowest BCUT2D eigenvalue weighted by molar-refractivity contribution is -0.129. The van der Waals surface area contributed by atoms with Gasteiger partial charge in [0.1, 0.15) is 23.4 Å². The topological polar surface area (TPSA) is 64.6 Å². The molecule has 0 radical (unpaired) electrons. The number of Topliss-reactive ketones (excluding diaryl/α,β-unsaturated/α-hetero) is 1. The maximum absolute atomic E-state index is 13.3. The number of rotatable bonds is 15. The second kappa shape index (κ2) is 15.6. The molecule has 206 valence electrons. The molecule has 0 aliphatic rings. The number of ether oxygens (including phenoxy) is 2. The second-order valence-corrected chi connectivity index (χ2v) is 10.1. The zero-order valence-corrected chi connectivity index (χ0v) is 23.0. The molecular formula is C33H38FNO4. The van der Waals surface area contributed by atoms with Crippen molar-refractivity contribution in [3.63, 3.8) is 0 Å². The minimum absolute atomic E-state index is 0.0946. The highest BCUT2D eigenvalue weighted by Crippen LogP contribution is 2.22. The molecule has 2 atom stereocenters. The van der Waals surface area contributed by atoms with Gasteiger partial charge in [-0.3, -0.25) is 9.59 Å². The number of carbonyl (C=O) groups excluding carboxylic acids is 2. The summed E-state index contributed by atoms with van der Waals surface area (Å²) in [4.78, 5) is 26.1. The van der Waals surface area contributed by atoms with Crippen LogP contribution in [0.5, 0.6) is 11.5 Å². The fraction of sp³-hybridized carbons (Fsp3) is 0.333. The minimum atomic E-state index is -0.749. The lowest BCUT2D eigenvalue weighted by atomic mass is 9.99. The summed E-state index contributed by atoms with van der Waals surface area (Å²) in [5.41, 5.74) is 3.06. The van der Waals surface area contributed by atoms with Gasteiger partial charge in [0, 0.05) is 12.8 Å². The predicted molar refractivity (Wildman–Crippen MR) is 152 cm³/mol. The van der Waals surface area contributed by atoms with Crippen LogP contribution in [0.4, 0.5) is 4.39 Å². The van der Waals surface area contributed by atoms with Gasteiger partial charge in [0.15, 0.2) is 5.78 Å². The molecule has 3 aromatic carbocycles. The number of carbonyl (C=O) groups is 2. The maximum Gasteiger partial charge on any atom is 0.220 e. The first-order chi connectivity index (χ1) is 18.8. The summed E-state index contributed by atoms with van der Waals surface area (Å²) >= 11 is 0. The smallest absolute Gasteiger partial charge is 0.220 e. The van der Waals surface area contributed by atoms with Gasteiger partial charge in [0.05, 0.1) is 13.2 Å². The van der Waals surface area contributed by atoms with E-state index in [0.29, 0.717) is 24.5 Å². The molecule has 3 aromatic rings. The van der Waals surface area contributed by atoms with Gasteiger partial charge in [-0.25, -0.2) is 4.39 Å². The Labute approximate surface area is 231 Å². The Balaban J connectivity index is 1.59.